The molecule has 0 saturated carbocycles. The topological polar surface area (TPSA) is 108 Å². The number of hydrogen-bond donors (Lipinski definition) is 4. The van der Waals surface area contributed by atoms with Crippen LogP contribution < -0.4 is 16.0 Å². The van der Waals surface area contributed by atoms with E-state index < -0.39 is 11.9 Å². The molecule has 0 aromatic heterocycles. The molecule has 7 nitrogen and oxygen atoms in total. The van der Waals surface area contributed by atoms with Crippen molar-refractivity contribution in [3.8, 4) is 0 Å². The van der Waals surface area contributed by atoms with Crippen LogP contribution in [0.1, 0.15) is 44.5 Å². The van der Waals surface area contributed by atoms with E-state index in [4.69, 9.17) is 0 Å². The minimum absolute atomic E-state index is 0.000362. The molecule has 0 aliphatic carbocycles. The zero-order valence-corrected chi connectivity index (χ0v) is 15.1. The Hall–Kier alpha value is -2.57. The minimum atomic E-state index is -0.922. The molecule has 1 aromatic carbocycles. The highest BCUT2D eigenvalue weighted by Gasteiger charge is 2.20. The maximum absolute atomic E-state index is 12.2. The lowest BCUT2D eigenvalue weighted by Crippen LogP contribution is -2.34. The van der Waals surface area contributed by atoms with Crippen LogP contribution >= 0.6 is 0 Å². The fourth-order valence-electron chi connectivity index (χ4n) is 2.33. The van der Waals surface area contributed by atoms with Gasteiger partial charge in [0, 0.05) is 23.8 Å². The van der Waals surface area contributed by atoms with Gasteiger partial charge in [-0.15, -0.1) is 0 Å². The average molecular weight is 349 g/mol. The first-order chi connectivity index (χ1) is 11.7. The van der Waals surface area contributed by atoms with Crippen LogP contribution in [0.15, 0.2) is 24.3 Å². The van der Waals surface area contributed by atoms with E-state index in [9.17, 15) is 19.5 Å². The highest BCUT2D eigenvalue weighted by Crippen LogP contribution is 2.13. The smallest absolute Gasteiger partial charge is 0.319 e. The van der Waals surface area contributed by atoms with E-state index >= 15 is 0 Å². The number of carbonyl (C=O) groups is 3. The van der Waals surface area contributed by atoms with Crippen molar-refractivity contribution in [1.82, 2.24) is 10.6 Å². The van der Waals surface area contributed by atoms with Crippen molar-refractivity contribution in [2.24, 2.45) is 11.8 Å². The molecule has 0 fully saturated rings. The van der Waals surface area contributed by atoms with Gasteiger partial charge in [-0.05, 0) is 44.4 Å². The van der Waals surface area contributed by atoms with E-state index in [0.29, 0.717) is 17.7 Å². The van der Waals surface area contributed by atoms with Crippen LogP contribution in [0, 0.1) is 11.8 Å². The van der Waals surface area contributed by atoms with E-state index in [1.165, 1.54) is 0 Å². The Morgan fingerprint density at radius 2 is 1.80 bits per heavy atom. The van der Waals surface area contributed by atoms with Gasteiger partial charge < -0.3 is 21.1 Å². The fraction of sp³-hybridized carbons (Fsp3) is 0.500. The van der Waals surface area contributed by atoms with Crippen molar-refractivity contribution in [3.05, 3.63) is 29.8 Å². The number of carboxylic acid groups (broad SMARTS) is 1. The third kappa shape index (κ3) is 7.69. The summed E-state index contributed by atoms with van der Waals surface area (Å²) in [6, 6.07) is 6.14. The summed E-state index contributed by atoms with van der Waals surface area (Å²) in [5, 5.41) is 17.2. The lowest BCUT2D eigenvalue weighted by atomic mass is 9.97. The molecule has 1 aromatic rings. The largest absolute Gasteiger partial charge is 0.481 e. The van der Waals surface area contributed by atoms with Crippen LogP contribution in [-0.4, -0.2) is 35.6 Å². The first kappa shape index (κ1) is 20.5. The van der Waals surface area contributed by atoms with Gasteiger partial charge in [-0.3, -0.25) is 9.59 Å². The molecule has 0 saturated heterocycles. The number of hydrogen-bond acceptors (Lipinski definition) is 3. The number of aliphatic carboxylic acids is 1. The van der Waals surface area contributed by atoms with E-state index in [-0.39, 0.29) is 30.4 Å². The van der Waals surface area contributed by atoms with Gasteiger partial charge in [0.15, 0.2) is 0 Å². The zero-order chi connectivity index (χ0) is 19.0. The van der Waals surface area contributed by atoms with Crippen molar-refractivity contribution in [2.45, 2.75) is 40.2 Å². The average Bonchev–Trinajstić information content (AvgIpc) is 2.49. The maximum atomic E-state index is 12.2. The molecule has 0 radical (unpaired) electrons. The Bertz CT molecular complexity index is 614. The number of nitrogens with one attached hydrogen (secondary N) is 3. The lowest BCUT2D eigenvalue weighted by molar-refractivity contribution is -0.142. The van der Waals surface area contributed by atoms with Gasteiger partial charge >= 0.3 is 12.0 Å². The van der Waals surface area contributed by atoms with Gasteiger partial charge in [-0.2, -0.15) is 0 Å². The summed E-state index contributed by atoms with van der Waals surface area (Å²) in [6.07, 6.45) is 0.493. The lowest BCUT2D eigenvalue weighted by Gasteiger charge is -2.15. The summed E-state index contributed by atoms with van der Waals surface area (Å²) in [5.41, 5.74) is 0.846. The van der Waals surface area contributed by atoms with Crippen LogP contribution in [0.25, 0.3) is 0 Å². The van der Waals surface area contributed by atoms with Gasteiger partial charge in [-0.25, -0.2) is 4.79 Å². The standard InChI is InChI=1S/C18H27N3O4/c1-11(2)8-14(17(23)24)10-19-16(22)13-6-5-7-15(9-13)21-18(25)20-12(3)4/h5-7,9,11-12,14H,8,10H2,1-4H3,(H,19,22)(H,23,24)(H2,20,21,25). The molecule has 0 bridgehead atoms. The molecule has 25 heavy (non-hydrogen) atoms. The van der Waals surface area contributed by atoms with Gasteiger partial charge in [0.2, 0.25) is 0 Å². The monoisotopic (exact) mass is 349 g/mol. The van der Waals surface area contributed by atoms with Gasteiger partial charge in [0.25, 0.3) is 5.91 Å². The van der Waals surface area contributed by atoms with Crippen molar-refractivity contribution < 1.29 is 19.5 Å². The minimum Gasteiger partial charge on any atom is -0.481 e. The Labute approximate surface area is 148 Å². The number of urea groups is 1. The molecular weight excluding hydrogens is 322 g/mol. The second-order valence-electron chi connectivity index (χ2n) is 6.71. The third-order valence-corrected chi connectivity index (χ3v) is 3.42. The molecule has 1 unspecified atom stereocenters. The van der Waals surface area contributed by atoms with Crippen LogP contribution in [-0.2, 0) is 4.79 Å². The highest BCUT2D eigenvalue weighted by molar-refractivity contribution is 5.97. The number of carboxylic acids is 1. The summed E-state index contributed by atoms with van der Waals surface area (Å²) in [4.78, 5) is 35.2. The van der Waals surface area contributed by atoms with Gasteiger partial charge in [0.05, 0.1) is 5.92 Å². The number of carbonyl (C=O) groups excluding carboxylic acids is 2. The van der Waals surface area contributed by atoms with Crippen molar-refractivity contribution in [3.63, 3.8) is 0 Å². The molecule has 1 atom stereocenters. The maximum Gasteiger partial charge on any atom is 0.319 e. The SMILES string of the molecule is CC(C)CC(CNC(=O)c1cccc(NC(=O)NC(C)C)c1)C(=O)O. The summed E-state index contributed by atoms with van der Waals surface area (Å²) in [6.45, 7) is 7.64. The normalized spacial score (nSPS) is 11.9. The summed E-state index contributed by atoms with van der Waals surface area (Å²) in [5.74, 6) is -1.69. The summed E-state index contributed by atoms with van der Waals surface area (Å²) in [7, 11) is 0. The van der Waals surface area contributed by atoms with E-state index in [2.05, 4.69) is 16.0 Å². The second kappa shape index (κ2) is 9.66. The van der Waals surface area contributed by atoms with Crippen molar-refractivity contribution in [2.75, 3.05) is 11.9 Å². The van der Waals surface area contributed by atoms with Crippen LogP contribution in [0.3, 0.4) is 0 Å². The quantitative estimate of drug-likeness (QED) is 0.579. The third-order valence-electron chi connectivity index (χ3n) is 3.42. The molecule has 0 aliphatic rings. The number of benzene rings is 1. The molecule has 1 rings (SSSR count). The first-order valence-corrected chi connectivity index (χ1v) is 8.37. The predicted octanol–water partition coefficient (Wildman–Crippen LogP) is 2.69. The zero-order valence-electron chi connectivity index (χ0n) is 15.1. The molecule has 7 heteroatoms. The molecule has 138 valence electrons. The number of anilines is 1. The molecule has 0 aliphatic heterocycles. The Morgan fingerprint density at radius 3 is 2.36 bits per heavy atom. The second-order valence-corrected chi connectivity index (χ2v) is 6.71. The van der Waals surface area contributed by atoms with E-state index in [1.54, 1.807) is 24.3 Å². The van der Waals surface area contributed by atoms with Gasteiger partial charge in [0.1, 0.15) is 0 Å². The molecule has 0 spiro atoms. The molecule has 3 amide bonds. The van der Waals surface area contributed by atoms with Crippen molar-refractivity contribution >= 4 is 23.6 Å². The Morgan fingerprint density at radius 1 is 1.12 bits per heavy atom. The van der Waals surface area contributed by atoms with E-state index in [1.807, 2.05) is 27.7 Å². The molecule has 4 N–H and O–H groups in total. The summed E-state index contributed by atoms with van der Waals surface area (Å²) >= 11 is 0. The van der Waals surface area contributed by atoms with Gasteiger partial charge in [-0.1, -0.05) is 19.9 Å². The number of rotatable bonds is 8. The highest BCUT2D eigenvalue weighted by atomic mass is 16.4. The van der Waals surface area contributed by atoms with Crippen LogP contribution in [0.4, 0.5) is 10.5 Å². The predicted molar refractivity (Wildman–Crippen MR) is 96.6 cm³/mol. The molecule has 0 heterocycles. The fourth-order valence-corrected chi connectivity index (χ4v) is 2.33. The number of amides is 3. The van der Waals surface area contributed by atoms with Crippen LogP contribution in [0.5, 0.6) is 0 Å². The van der Waals surface area contributed by atoms with Crippen molar-refractivity contribution in [1.29, 1.82) is 0 Å². The molecular formula is C18H27N3O4. The first-order valence-electron chi connectivity index (χ1n) is 8.37. The Balaban J connectivity index is 2.68. The van der Waals surface area contributed by atoms with E-state index in [0.717, 1.165) is 0 Å². The Kier molecular flexibility index (Phi) is 7.91. The van der Waals surface area contributed by atoms with Crippen LogP contribution in [0.2, 0.25) is 0 Å². The summed E-state index contributed by atoms with van der Waals surface area (Å²) < 4.78 is 0.